The molecule has 0 saturated heterocycles. The molecule has 128 valence electrons. The lowest BCUT2D eigenvalue weighted by molar-refractivity contribution is -0.113. The Morgan fingerprint density at radius 3 is 2.75 bits per heavy atom. The number of benzene rings is 1. The Morgan fingerprint density at radius 2 is 2.08 bits per heavy atom. The number of nitrogens with zero attached hydrogens (tertiary/aromatic N) is 2. The molecule has 24 heavy (non-hydrogen) atoms. The van der Waals surface area contributed by atoms with Crippen LogP contribution >= 0.6 is 11.8 Å². The molecule has 7 heteroatoms. The zero-order chi connectivity index (χ0) is 16.8. The molecular weight excluding hydrogens is 326 g/mol. The first-order valence-corrected chi connectivity index (χ1v) is 9.28. The number of anilines is 1. The average molecular weight is 347 g/mol. The predicted molar refractivity (Wildman–Crippen MR) is 93.2 cm³/mol. The Kier molecular flexibility index (Phi) is 5.74. The summed E-state index contributed by atoms with van der Waals surface area (Å²) in [4.78, 5) is 16.0. The lowest BCUT2D eigenvalue weighted by atomic mass is 10.2. The monoisotopic (exact) mass is 347 g/mol. The summed E-state index contributed by atoms with van der Waals surface area (Å²) in [7, 11) is 0. The minimum absolute atomic E-state index is 0.0512. The SMILES string of the molecule is Cc1nc(CSCC(=O)Nc2ccc(OC3CCCC3)cc2)no1. The Morgan fingerprint density at radius 1 is 1.33 bits per heavy atom. The molecule has 1 aliphatic carbocycles. The molecule has 1 amide bonds. The first-order chi connectivity index (χ1) is 11.7. The maximum atomic E-state index is 11.9. The number of thioether (sulfide) groups is 1. The molecule has 0 unspecified atom stereocenters. The molecule has 3 rings (SSSR count). The molecule has 0 aliphatic heterocycles. The number of aromatic nitrogens is 2. The summed E-state index contributed by atoms with van der Waals surface area (Å²) in [5.74, 6) is 2.85. The highest BCUT2D eigenvalue weighted by Crippen LogP contribution is 2.25. The van der Waals surface area contributed by atoms with E-state index in [1.54, 1.807) is 6.92 Å². The van der Waals surface area contributed by atoms with Gasteiger partial charge in [-0.1, -0.05) is 5.16 Å². The summed E-state index contributed by atoms with van der Waals surface area (Å²) in [5, 5.41) is 6.67. The highest BCUT2D eigenvalue weighted by molar-refractivity contribution is 7.99. The molecule has 0 bridgehead atoms. The van der Waals surface area contributed by atoms with Gasteiger partial charge in [0.15, 0.2) is 5.82 Å². The molecule has 1 heterocycles. The van der Waals surface area contributed by atoms with E-state index >= 15 is 0 Å². The van der Waals surface area contributed by atoms with Gasteiger partial charge < -0.3 is 14.6 Å². The summed E-state index contributed by atoms with van der Waals surface area (Å²) in [6, 6.07) is 7.55. The van der Waals surface area contributed by atoms with Crippen LogP contribution in [-0.4, -0.2) is 27.9 Å². The van der Waals surface area contributed by atoms with Gasteiger partial charge in [0, 0.05) is 12.6 Å². The van der Waals surface area contributed by atoms with E-state index in [9.17, 15) is 4.79 Å². The third kappa shape index (κ3) is 4.99. The van der Waals surface area contributed by atoms with Gasteiger partial charge in [-0.15, -0.1) is 11.8 Å². The van der Waals surface area contributed by atoms with E-state index in [1.807, 2.05) is 24.3 Å². The number of amides is 1. The predicted octanol–water partition coefficient (Wildman–Crippen LogP) is 3.57. The number of aryl methyl sites for hydroxylation is 1. The summed E-state index contributed by atoms with van der Waals surface area (Å²) >= 11 is 1.45. The van der Waals surface area contributed by atoms with Crippen LogP contribution in [0.15, 0.2) is 28.8 Å². The van der Waals surface area contributed by atoms with E-state index in [1.165, 1.54) is 24.6 Å². The minimum atomic E-state index is -0.0512. The van der Waals surface area contributed by atoms with Crippen LogP contribution in [0.3, 0.4) is 0 Å². The second-order valence-electron chi connectivity index (χ2n) is 5.82. The second-order valence-corrected chi connectivity index (χ2v) is 6.80. The minimum Gasteiger partial charge on any atom is -0.490 e. The van der Waals surface area contributed by atoms with Gasteiger partial charge in [-0.25, -0.2) is 0 Å². The number of rotatable bonds is 7. The highest BCUT2D eigenvalue weighted by atomic mass is 32.2. The second kappa shape index (κ2) is 8.19. The van der Waals surface area contributed by atoms with Gasteiger partial charge in [-0.05, 0) is 49.9 Å². The molecule has 6 nitrogen and oxygen atoms in total. The van der Waals surface area contributed by atoms with Crippen molar-refractivity contribution in [1.82, 2.24) is 10.1 Å². The van der Waals surface area contributed by atoms with Crippen molar-refractivity contribution in [2.45, 2.75) is 44.5 Å². The molecule has 1 saturated carbocycles. The van der Waals surface area contributed by atoms with Crippen LogP contribution in [0, 0.1) is 6.92 Å². The standard InChI is InChI=1S/C17H21N3O3S/c1-12-18-16(20-23-12)10-24-11-17(21)19-13-6-8-15(9-7-13)22-14-4-2-3-5-14/h6-9,14H,2-5,10-11H2,1H3,(H,19,21). The van der Waals surface area contributed by atoms with Crippen LogP contribution in [-0.2, 0) is 10.5 Å². The number of hydrogen-bond acceptors (Lipinski definition) is 6. The van der Waals surface area contributed by atoms with Crippen molar-refractivity contribution in [2.24, 2.45) is 0 Å². The first kappa shape index (κ1) is 16.8. The van der Waals surface area contributed by atoms with Gasteiger partial charge in [0.25, 0.3) is 0 Å². The number of ether oxygens (including phenoxy) is 1. The van der Waals surface area contributed by atoms with Crippen LogP contribution < -0.4 is 10.1 Å². The van der Waals surface area contributed by atoms with Crippen molar-refractivity contribution in [3.63, 3.8) is 0 Å². The number of carbonyl (C=O) groups is 1. The lowest BCUT2D eigenvalue weighted by Gasteiger charge is -2.13. The Balaban J connectivity index is 1.40. The van der Waals surface area contributed by atoms with Crippen molar-refractivity contribution in [3.05, 3.63) is 36.0 Å². The van der Waals surface area contributed by atoms with Crippen LogP contribution in [0.5, 0.6) is 5.75 Å². The fourth-order valence-corrected chi connectivity index (χ4v) is 3.31. The summed E-state index contributed by atoms with van der Waals surface area (Å²) in [5.41, 5.74) is 0.773. The van der Waals surface area contributed by atoms with Gasteiger partial charge in [0.1, 0.15) is 5.75 Å². The molecule has 1 aromatic carbocycles. The third-order valence-electron chi connectivity index (χ3n) is 3.78. The maximum absolute atomic E-state index is 11.9. The van der Waals surface area contributed by atoms with Crippen molar-refractivity contribution in [2.75, 3.05) is 11.1 Å². The topological polar surface area (TPSA) is 77.2 Å². The summed E-state index contributed by atoms with van der Waals surface area (Å²) in [6.45, 7) is 1.74. The smallest absolute Gasteiger partial charge is 0.234 e. The fourth-order valence-electron chi connectivity index (χ4n) is 2.65. The normalized spacial score (nSPS) is 14.7. The van der Waals surface area contributed by atoms with Crippen molar-refractivity contribution < 1.29 is 14.1 Å². The largest absolute Gasteiger partial charge is 0.490 e. The van der Waals surface area contributed by atoms with E-state index in [-0.39, 0.29) is 5.91 Å². The number of hydrogen-bond donors (Lipinski definition) is 1. The van der Waals surface area contributed by atoms with E-state index in [0.29, 0.717) is 29.3 Å². The van der Waals surface area contributed by atoms with Crippen LogP contribution in [0.25, 0.3) is 0 Å². The Labute approximate surface area is 145 Å². The van der Waals surface area contributed by atoms with Gasteiger partial charge in [-0.3, -0.25) is 4.79 Å². The lowest BCUT2D eigenvalue weighted by Crippen LogP contribution is -2.14. The van der Waals surface area contributed by atoms with Gasteiger partial charge in [0.2, 0.25) is 11.8 Å². The number of carbonyl (C=O) groups excluding carboxylic acids is 1. The zero-order valence-corrected chi connectivity index (χ0v) is 14.5. The summed E-state index contributed by atoms with van der Waals surface area (Å²) in [6.07, 6.45) is 5.11. The molecule has 0 radical (unpaired) electrons. The van der Waals surface area contributed by atoms with E-state index < -0.39 is 0 Å². The van der Waals surface area contributed by atoms with Crippen LogP contribution in [0.2, 0.25) is 0 Å². The fraction of sp³-hybridized carbons (Fsp3) is 0.471. The Hall–Kier alpha value is -2.02. The van der Waals surface area contributed by atoms with Crippen molar-refractivity contribution >= 4 is 23.4 Å². The third-order valence-corrected chi connectivity index (χ3v) is 4.71. The first-order valence-electron chi connectivity index (χ1n) is 8.12. The molecule has 1 aromatic heterocycles. The zero-order valence-electron chi connectivity index (χ0n) is 13.7. The van der Waals surface area contributed by atoms with Gasteiger partial charge in [-0.2, -0.15) is 4.98 Å². The van der Waals surface area contributed by atoms with Crippen LogP contribution in [0.1, 0.15) is 37.4 Å². The van der Waals surface area contributed by atoms with Crippen molar-refractivity contribution in [1.29, 1.82) is 0 Å². The molecule has 1 fully saturated rings. The summed E-state index contributed by atoms with van der Waals surface area (Å²) < 4.78 is 10.8. The van der Waals surface area contributed by atoms with E-state index in [2.05, 4.69) is 15.5 Å². The Bertz CT molecular complexity index is 666. The van der Waals surface area contributed by atoms with Crippen LogP contribution in [0.4, 0.5) is 5.69 Å². The molecule has 0 atom stereocenters. The number of nitrogens with one attached hydrogen (secondary N) is 1. The van der Waals surface area contributed by atoms with Gasteiger partial charge in [0.05, 0.1) is 17.6 Å². The molecule has 2 aromatic rings. The molecular formula is C17H21N3O3S. The van der Waals surface area contributed by atoms with E-state index in [0.717, 1.165) is 24.3 Å². The maximum Gasteiger partial charge on any atom is 0.234 e. The average Bonchev–Trinajstić information content (AvgIpc) is 3.21. The molecule has 1 N–H and O–H groups in total. The van der Waals surface area contributed by atoms with Gasteiger partial charge >= 0.3 is 0 Å². The molecule has 1 aliphatic rings. The van der Waals surface area contributed by atoms with Crippen molar-refractivity contribution in [3.8, 4) is 5.75 Å². The van der Waals surface area contributed by atoms with E-state index in [4.69, 9.17) is 9.26 Å². The highest BCUT2D eigenvalue weighted by Gasteiger charge is 2.16. The molecule has 0 spiro atoms. The quantitative estimate of drug-likeness (QED) is 0.825.